The quantitative estimate of drug-likeness (QED) is 0.483. The second-order valence-corrected chi connectivity index (χ2v) is 8.26. The molecular formula is C24H25N5O3. The van der Waals surface area contributed by atoms with Gasteiger partial charge in [-0.05, 0) is 25.0 Å². The van der Waals surface area contributed by atoms with Gasteiger partial charge in [0.15, 0.2) is 5.65 Å². The van der Waals surface area contributed by atoms with Crippen LogP contribution < -0.4 is 5.32 Å². The number of nitrogens with zero attached hydrogens (tertiary/aromatic N) is 4. The summed E-state index contributed by atoms with van der Waals surface area (Å²) in [6, 6.07) is 13.9. The van der Waals surface area contributed by atoms with Crippen molar-refractivity contribution in [3.63, 3.8) is 0 Å². The minimum absolute atomic E-state index is 0.0907. The Morgan fingerprint density at radius 1 is 1.19 bits per heavy atom. The van der Waals surface area contributed by atoms with Crippen LogP contribution in [0.1, 0.15) is 27.4 Å². The minimum atomic E-state index is -0.174. The molecule has 1 aliphatic rings. The number of pyridine rings is 1. The largest absolute Gasteiger partial charge is 0.379 e. The fourth-order valence-electron chi connectivity index (χ4n) is 4.11. The predicted molar refractivity (Wildman–Crippen MR) is 118 cm³/mol. The Morgan fingerprint density at radius 3 is 2.88 bits per heavy atom. The fourth-order valence-corrected chi connectivity index (χ4v) is 4.11. The molecule has 0 unspecified atom stereocenters. The third-order valence-corrected chi connectivity index (χ3v) is 5.86. The third-order valence-electron chi connectivity index (χ3n) is 5.86. The van der Waals surface area contributed by atoms with Crippen molar-refractivity contribution in [2.24, 2.45) is 5.92 Å². The highest BCUT2D eigenvalue weighted by atomic mass is 16.5. The van der Waals surface area contributed by atoms with E-state index in [2.05, 4.69) is 32.6 Å². The zero-order valence-electron chi connectivity index (χ0n) is 17.9. The zero-order valence-corrected chi connectivity index (χ0v) is 17.9. The molecule has 3 aromatic heterocycles. The van der Waals surface area contributed by atoms with Crippen LogP contribution in [0.2, 0.25) is 0 Å². The summed E-state index contributed by atoms with van der Waals surface area (Å²) in [5.41, 5.74) is 4.09. The first-order valence-corrected chi connectivity index (χ1v) is 10.8. The average molecular weight is 431 g/mol. The molecule has 0 spiro atoms. The number of hydrogen-bond donors (Lipinski definition) is 1. The first kappa shape index (κ1) is 20.4. The van der Waals surface area contributed by atoms with Crippen LogP contribution in [-0.2, 0) is 24.1 Å². The standard InChI is InChI=1S/C24H25N5O3/c1-16-9-20(32-28-16)10-19-13-31-14-22(19)27-24(30)18-11-21-23(25-12-18)29(15-26-21)8-7-17-5-3-2-4-6-17/h2-6,9,11-12,15,19,22H,7-8,10,13-14H2,1H3,(H,27,30)/t19-,22+/m1/s1. The van der Waals surface area contributed by atoms with E-state index in [9.17, 15) is 4.79 Å². The van der Waals surface area contributed by atoms with Gasteiger partial charge in [-0.15, -0.1) is 0 Å². The number of fused-ring (bicyclic) bond motifs is 1. The zero-order chi connectivity index (χ0) is 21.9. The van der Waals surface area contributed by atoms with Crippen molar-refractivity contribution in [3.8, 4) is 0 Å². The summed E-state index contributed by atoms with van der Waals surface area (Å²) in [7, 11) is 0. The maximum absolute atomic E-state index is 12.9. The highest BCUT2D eigenvalue weighted by Gasteiger charge is 2.31. The number of ether oxygens (including phenoxy) is 1. The van der Waals surface area contributed by atoms with Crippen LogP contribution in [-0.4, -0.2) is 44.9 Å². The minimum Gasteiger partial charge on any atom is -0.379 e. The number of aromatic nitrogens is 4. The van der Waals surface area contributed by atoms with E-state index in [0.717, 1.165) is 30.1 Å². The Balaban J connectivity index is 1.24. The van der Waals surface area contributed by atoms with Crippen LogP contribution in [0.4, 0.5) is 0 Å². The number of hydrogen-bond acceptors (Lipinski definition) is 6. The van der Waals surface area contributed by atoms with Crippen LogP contribution in [0.25, 0.3) is 11.2 Å². The molecule has 32 heavy (non-hydrogen) atoms. The van der Waals surface area contributed by atoms with Crippen molar-refractivity contribution >= 4 is 17.1 Å². The van der Waals surface area contributed by atoms with E-state index in [1.165, 1.54) is 5.56 Å². The van der Waals surface area contributed by atoms with Gasteiger partial charge in [-0.25, -0.2) is 9.97 Å². The van der Waals surface area contributed by atoms with E-state index in [0.29, 0.717) is 30.7 Å². The SMILES string of the molecule is Cc1cc(C[C@@H]2COC[C@@H]2NC(=O)c2cnc3c(c2)ncn3CCc2ccccc2)on1. The van der Waals surface area contributed by atoms with Crippen molar-refractivity contribution in [1.29, 1.82) is 0 Å². The van der Waals surface area contributed by atoms with E-state index in [1.807, 2.05) is 35.8 Å². The molecule has 0 radical (unpaired) electrons. The highest BCUT2D eigenvalue weighted by molar-refractivity contribution is 5.96. The number of rotatable bonds is 7. The van der Waals surface area contributed by atoms with Crippen LogP contribution in [0.3, 0.4) is 0 Å². The molecule has 164 valence electrons. The lowest BCUT2D eigenvalue weighted by Gasteiger charge is -2.18. The van der Waals surface area contributed by atoms with Gasteiger partial charge in [-0.3, -0.25) is 4.79 Å². The topological polar surface area (TPSA) is 95.1 Å². The molecule has 2 atom stereocenters. The fraction of sp³-hybridized carbons (Fsp3) is 0.333. The van der Waals surface area contributed by atoms with Gasteiger partial charge in [0.1, 0.15) is 11.3 Å². The number of carbonyl (C=O) groups excluding carboxylic acids is 1. The Labute approximate surface area is 185 Å². The van der Waals surface area contributed by atoms with Crippen LogP contribution in [0.5, 0.6) is 0 Å². The average Bonchev–Trinajstić information content (AvgIpc) is 3.53. The van der Waals surface area contributed by atoms with Gasteiger partial charge in [0.25, 0.3) is 5.91 Å². The lowest BCUT2D eigenvalue weighted by molar-refractivity contribution is 0.0924. The molecule has 8 nitrogen and oxygen atoms in total. The van der Waals surface area contributed by atoms with Crippen molar-refractivity contribution in [1.82, 2.24) is 25.0 Å². The number of nitrogens with one attached hydrogen (secondary N) is 1. The van der Waals surface area contributed by atoms with Gasteiger partial charge in [0, 0.05) is 31.1 Å². The second-order valence-electron chi connectivity index (χ2n) is 8.26. The first-order valence-electron chi connectivity index (χ1n) is 10.8. The second kappa shape index (κ2) is 8.92. The molecule has 1 aromatic carbocycles. The summed E-state index contributed by atoms with van der Waals surface area (Å²) in [5.74, 6) is 0.772. The van der Waals surface area contributed by atoms with E-state index in [4.69, 9.17) is 9.26 Å². The van der Waals surface area contributed by atoms with Gasteiger partial charge < -0.3 is 19.1 Å². The molecule has 1 amide bonds. The Bertz CT molecular complexity index is 1220. The molecule has 1 N–H and O–H groups in total. The molecule has 1 aliphatic heterocycles. The Morgan fingerprint density at radius 2 is 2.06 bits per heavy atom. The highest BCUT2D eigenvalue weighted by Crippen LogP contribution is 2.21. The molecule has 1 fully saturated rings. The Kier molecular flexibility index (Phi) is 5.68. The van der Waals surface area contributed by atoms with Gasteiger partial charge >= 0.3 is 0 Å². The van der Waals surface area contributed by atoms with Crippen LogP contribution >= 0.6 is 0 Å². The van der Waals surface area contributed by atoms with Gasteiger partial charge in [0.2, 0.25) is 0 Å². The van der Waals surface area contributed by atoms with Crippen LogP contribution in [0.15, 0.2) is 59.5 Å². The molecule has 0 saturated carbocycles. The summed E-state index contributed by atoms with van der Waals surface area (Å²) in [6.07, 6.45) is 4.96. The molecular weight excluding hydrogens is 406 g/mol. The number of carbonyl (C=O) groups is 1. The molecule has 8 heteroatoms. The van der Waals surface area contributed by atoms with E-state index in [-0.39, 0.29) is 17.9 Å². The Hall–Kier alpha value is -3.52. The van der Waals surface area contributed by atoms with E-state index in [1.54, 1.807) is 18.6 Å². The molecule has 4 heterocycles. The van der Waals surface area contributed by atoms with Crippen molar-refractivity contribution in [3.05, 3.63) is 77.6 Å². The van der Waals surface area contributed by atoms with Gasteiger partial charge in [0.05, 0.1) is 36.8 Å². The normalized spacial score (nSPS) is 18.3. The monoisotopic (exact) mass is 431 g/mol. The maximum atomic E-state index is 12.9. The maximum Gasteiger partial charge on any atom is 0.253 e. The number of benzene rings is 1. The van der Waals surface area contributed by atoms with Gasteiger partial charge in [-0.1, -0.05) is 35.5 Å². The molecule has 0 aliphatic carbocycles. The first-order chi connectivity index (χ1) is 15.7. The summed E-state index contributed by atoms with van der Waals surface area (Å²) in [4.78, 5) is 21.9. The smallest absolute Gasteiger partial charge is 0.253 e. The van der Waals surface area contributed by atoms with Crippen molar-refractivity contribution in [2.75, 3.05) is 13.2 Å². The summed E-state index contributed by atoms with van der Waals surface area (Å²) in [6.45, 7) is 3.73. The molecule has 1 saturated heterocycles. The number of imidazole rings is 1. The molecule has 0 bridgehead atoms. The molecule has 5 rings (SSSR count). The number of amides is 1. The molecule has 4 aromatic rings. The van der Waals surface area contributed by atoms with E-state index < -0.39 is 0 Å². The van der Waals surface area contributed by atoms with Crippen LogP contribution in [0, 0.1) is 12.8 Å². The lowest BCUT2D eigenvalue weighted by atomic mass is 9.98. The summed E-state index contributed by atoms with van der Waals surface area (Å²) >= 11 is 0. The third kappa shape index (κ3) is 4.40. The van der Waals surface area contributed by atoms with Crippen molar-refractivity contribution < 1.29 is 14.1 Å². The predicted octanol–water partition coefficient (Wildman–Crippen LogP) is 2.96. The summed E-state index contributed by atoms with van der Waals surface area (Å²) < 4.78 is 13.0. The van der Waals surface area contributed by atoms with E-state index >= 15 is 0 Å². The van der Waals surface area contributed by atoms with Crippen molar-refractivity contribution in [2.45, 2.75) is 32.4 Å². The van der Waals surface area contributed by atoms with Gasteiger partial charge in [-0.2, -0.15) is 0 Å². The summed E-state index contributed by atoms with van der Waals surface area (Å²) in [5, 5.41) is 7.02. The number of aryl methyl sites for hydroxylation is 3. The lowest BCUT2D eigenvalue weighted by Crippen LogP contribution is -2.40.